The number of benzene rings is 2. The summed E-state index contributed by atoms with van der Waals surface area (Å²) in [7, 11) is 0. The quantitative estimate of drug-likeness (QED) is 0.747. The molecule has 0 saturated heterocycles. The van der Waals surface area contributed by atoms with Gasteiger partial charge in [0.25, 0.3) is 5.91 Å². The lowest BCUT2D eigenvalue weighted by Gasteiger charge is -2.25. The molecule has 0 saturated carbocycles. The summed E-state index contributed by atoms with van der Waals surface area (Å²) in [5, 5.41) is 4.23. The second-order valence-corrected chi connectivity index (χ2v) is 6.61. The predicted molar refractivity (Wildman–Crippen MR) is 90.3 cm³/mol. The van der Waals surface area contributed by atoms with Crippen molar-refractivity contribution in [3.63, 3.8) is 0 Å². The number of amides is 1. The Bertz CT molecular complexity index is 807. The number of nitrogens with one attached hydrogen (secondary N) is 2. The van der Waals surface area contributed by atoms with Crippen molar-refractivity contribution in [3.8, 4) is 0 Å². The van der Waals surface area contributed by atoms with Crippen LogP contribution in [0.1, 0.15) is 28.5 Å². The van der Waals surface area contributed by atoms with E-state index in [0.29, 0.717) is 5.69 Å². The van der Waals surface area contributed by atoms with E-state index in [-0.39, 0.29) is 11.9 Å². The first-order valence-corrected chi connectivity index (χ1v) is 8.40. The Labute approximate surface area is 133 Å². The van der Waals surface area contributed by atoms with E-state index in [1.165, 1.54) is 10.5 Å². The van der Waals surface area contributed by atoms with Crippen molar-refractivity contribution in [3.05, 3.63) is 65.9 Å². The Kier molecular flexibility index (Phi) is 3.39. The molecule has 0 bridgehead atoms. The third-order valence-corrected chi connectivity index (χ3v) is 5.16. The third kappa shape index (κ3) is 2.40. The first-order valence-electron chi connectivity index (χ1n) is 7.41. The van der Waals surface area contributed by atoms with Crippen LogP contribution >= 0.6 is 11.8 Å². The number of rotatable bonds is 2. The molecule has 2 N–H and O–H groups in total. The first kappa shape index (κ1) is 13.5. The molecule has 4 rings (SSSR count). The maximum Gasteiger partial charge on any atom is 0.268 e. The van der Waals surface area contributed by atoms with Crippen molar-refractivity contribution in [2.75, 3.05) is 5.75 Å². The van der Waals surface area contributed by atoms with Crippen LogP contribution in [0.5, 0.6) is 0 Å². The van der Waals surface area contributed by atoms with Crippen molar-refractivity contribution in [1.82, 2.24) is 10.3 Å². The fraction of sp³-hybridized carbons (Fsp3) is 0.167. The molecule has 22 heavy (non-hydrogen) atoms. The van der Waals surface area contributed by atoms with Crippen LogP contribution in [0.3, 0.4) is 0 Å². The molecule has 1 unspecified atom stereocenters. The maximum atomic E-state index is 12.5. The molecule has 2 aromatic carbocycles. The molecule has 0 radical (unpaired) electrons. The van der Waals surface area contributed by atoms with Crippen molar-refractivity contribution >= 4 is 28.6 Å². The van der Waals surface area contributed by atoms with Gasteiger partial charge in [0.15, 0.2) is 0 Å². The molecule has 0 fully saturated rings. The standard InChI is InChI=1S/C18H16N2OS/c21-18(16-11-12-5-1-3-7-14(12)19-16)20-15-9-10-22-17-8-4-2-6-13(15)17/h1-8,11,15,19H,9-10H2,(H,20,21). The van der Waals surface area contributed by atoms with Crippen molar-refractivity contribution in [2.45, 2.75) is 17.4 Å². The minimum atomic E-state index is -0.0390. The zero-order valence-electron chi connectivity index (χ0n) is 12.0. The highest BCUT2D eigenvalue weighted by Crippen LogP contribution is 2.35. The zero-order chi connectivity index (χ0) is 14.9. The van der Waals surface area contributed by atoms with Crippen LogP contribution in [0.4, 0.5) is 0 Å². The van der Waals surface area contributed by atoms with Gasteiger partial charge < -0.3 is 10.3 Å². The predicted octanol–water partition coefficient (Wildman–Crippen LogP) is 4.13. The van der Waals surface area contributed by atoms with Crippen molar-refractivity contribution in [2.24, 2.45) is 0 Å². The molecule has 1 aromatic heterocycles. The lowest BCUT2D eigenvalue weighted by atomic mass is 10.0. The van der Waals surface area contributed by atoms with Gasteiger partial charge >= 0.3 is 0 Å². The summed E-state index contributed by atoms with van der Waals surface area (Å²) in [6.07, 6.45) is 0.966. The second-order valence-electron chi connectivity index (χ2n) is 5.47. The molecule has 1 atom stereocenters. The van der Waals surface area contributed by atoms with E-state index in [9.17, 15) is 4.79 Å². The number of hydrogen-bond acceptors (Lipinski definition) is 2. The van der Waals surface area contributed by atoms with Gasteiger partial charge in [-0.15, -0.1) is 11.8 Å². The molecule has 1 aliphatic heterocycles. The molecular weight excluding hydrogens is 292 g/mol. The Morgan fingerprint density at radius 1 is 1.14 bits per heavy atom. The summed E-state index contributed by atoms with van der Waals surface area (Å²) >= 11 is 1.86. The number of fused-ring (bicyclic) bond motifs is 2. The highest BCUT2D eigenvalue weighted by atomic mass is 32.2. The van der Waals surface area contributed by atoms with E-state index >= 15 is 0 Å². The molecule has 2 heterocycles. The van der Waals surface area contributed by atoms with Crippen LogP contribution in [0, 0.1) is 0 Å². The number of carbonyl (C=O) groups is 1. The van der Waals surface area contributed by atoms with Gasteiger partial charge in [0.2, 0.25) is 0 Å². The lowest BCUT2D eigenvalue weighted by Crippen LogP contribution is -2.30. The number of hydrogen-bond donors (Lipinski definition) is 2. The molecule has 0 aliphatic carbocycles. The van der Waals surface area contributed by atoms with Gasteiger partial charge in [-0.25, -0.2) is 0 Å². The SMILES string of the molecule is O=C(NC1CCSc2ccccc21)c1cc2ccccc2[nH]1. The van der Waals surface area contributed by atoms with Crippen LogP contribution < -0.4 is 5.32 Å². The number of carbonyl (C=O) groups excluding carboxylic acids is 1. The topological polar surface area (TPSA) is 44.9 Å². The summed E-state index contributed by atoms with van der Waals surface area (Å²) in [5.41, 5.74) is 2.84. The Morgan fingerprint density at radius 3 is 2.86 bits per heavy atom. The second kappa shape index (κ2) is 5.54. The number of aromatic amines is 1. The van der Waals surface area contributed by atoms with Gasteiger partial charge in [0.05, 0.1) is 6.04 Å². The van der Waals surface area contributed by atoms with Gasteiger partial charge in [0, 0.05) is 21.6 Å². The summed E-state index contributed by atoms with van der Waals surface area (Å²) in [6, 6.07) is 18.3. The van der Waals surface area contributed by atoms with Crippen LogP contribution in [-0.4, -0.2) is 16.6 Å². The number of H-pyrrole nitrogens is 1. The molecular formula is C18H16N2OS. The van der Waals surface area contributed by atoms with Gasteiger partial charge in [-0.3, -0.25) is 4.79 Å². The Balaban J connectivity index is 1.60. The minimum Gasteiger partial charge on any atom is -0.351 e. The Morgan fingerprint density at radius 2 is 1.95 bits per heavy atom. The van der Waals surface area contributed by atoms with Crippen molar-refractivity contribution in [1.29, 1.82) is 0 Å². The van der Waals surface area contributed by atoms with Crippen LogP contribution in [-0.2, 0) is 0 Å². The fourth-order valence-electron chi connectivity index (χ4n) is 2.92. The van der Waals surface area contributed by atoms with Gasteiger partial charge in [-0.2, -0.15) is 0 Å². The van der Waals surface area contributed by atoms with E-state index in [4.69, 9.17) is 0 Å². The van der Waals surface area contributed by atoms with Crippen LogP contribution in [0.15, 0.2) is 59.5 Å². The molecule has 3 aromatic rings. The van der Waals surface area contributed by atoms with E-state index in [0.717, 1.165) is 23.1 Å². The fourth-order valence-corrected chi connectivity index (χ4v) is 4.05. The largest absolute Gasteiger partial charge is 0.351 e. The number of thioether (sulfide) groups is 1. The van der Waals surface area contributed by atoms with Gasteiger partial charge in [0.1, 0.15) is 5.69 Å². The van der Waals surface area contributed by atoms with Gasteiger partial charge in [-0.05, 0) is 30.2 Å². The van der Waals surface area contributed by atoms with E-state index in [1.807, 2.05) is 54.2 Å². The molecule has 110 valence electrons. The van der Waals surface area contributed by atoms with Crippen LogP contribution in [0.2, 0.25) is 0 Å². The zero-order valence-corrected chi connectivity index (χ0v) is 12.8. The normalized spacial score (nSPS) is 17.2. The summed E-state index contributed by atoms with van der Waals surface area (Å²) in [4.78, 5) is 17.0. The maximum absolute atomic E-state index is 12.5. The number of para-hydroxylation sites is 1. The van der Waals surface area contributed by atoms with E-state index < -0.39 is 0 Å². The third-order valence-electron chi connectivity index (χ3n) is 4.04. The van der Waals surface area contributed by atoms with Gasteiger partial charge in [-0.1, -0.05) is 36.4 Å². The minimum absolute atomic E-state index is 0.0390. The summed E-state index contributed by atoms with van der Waals surface area (Å²) in [6.45, 7) is 0. The Hall–Kier alpha value is -2.20. The smallest absolute Gasteiger partial charge is 0.268 e. The average molecular weight is 308 g/mol. The monoisotopic (exact) mass is 308 g/mol. The lowest BCUT2D eigenvalue weighted by molar-refractivity contribution is 0.0931. The molecule has 1 aliphatic rings. The highest BCUT2D eigenvalue weighted by molar-refractivity contribution is 7.99. The summed E-state index contributed by atoms with van der Waals surface area (Å²) in [5.74, 6) is 0.997. The molecule has 0 spiro atoms. The number of aromatic nitrogens is 1. The van der Waals surface area contributed by atoms with Crippen molar-refractivity contribution < 1.29 is 4.79 Å². The molecule has 3 nitrogen and oxygen atoms in total. The van der Waals surface area contributed by atoms with Crippen LogP contribution in [0.25, 0.3) is 10.9 Å². The molecule has 1 amide bonds. The first-order chi connectivity index (χ1) is 10.8. The highest BCUT2D eigenvalue weighted by Gasteiger charge is 2.22. The average Bonchev–Trinajstić information content (AvgIpc) is 2.99. The van der Waals surface area contributed by atoms with E-state index in [1.54, 1.807) is 0 Å². The molecule has 4 heteroatoms. The van der Waals surface area contributed by atoms with E-state index in [2.05, 4.69) is 22.4 Å². The summed E-state index contributed by atoms with van der Waals surface area (Å²) < 4.78 is 0.